The predicted molar refractivity (Wildman–Crippen MR) is 64.6 cm³/mol. The van der Waals surface area contributed by atoms with Gasteiger partial charge in [0.25, 0.3) is 0 Å². The molecule has 0 amide bonds. The smallest absolute Gasteiger partial charge is 0.0125 e. The van der Waals surface area contributed by atoms with Gasteiger partial charge in [-0.05, 0) is 52.8 Å². The van der Waals surface area contributed by atoms with Crippen molar-refractivity contribution >= 4 is 0 Å². The highest BCUT2D eigenvalue weighted by atomic mass is 14.9. The van der Waals surface area contributed by atoms with Gasteiger partial charge in [-0.15, -0.1) is 0 Å². The molecule has 0 saturated heterocycles. The fraction of sp³-hybridized carbons (Fsp3) is 1.00. The Morgan fingerprint density at radius 1 is 1.07 bits per heavy atom. The van der Waals surface area contributed by atoms with E-state index in [-0.39, 0.29) is 0 Å². The highest BCUT2D eigenvalue weighted by Gasteiger charge is 2.90. The quantitative estimate of drug-likeness (QED) is 0.547. The summed E-state index contributed by atoms with van der Waals surface area (Å²) in [4.78, 5) is 0. The molecular formula is C15H26. The van der Waals surface area contributed by atoms with Crippen molar-refractivity contribution in [2.24, 2.45) is 33.5 Å². The zero-order valence-corrected chi connectivity index (χ0v) is 11.3. The zero-order valence-electron chi connectivity index (χ0n) is 11.3. The Morgan fingerprint density at radius 3 is 2.07 bits per heavy atom. The number of hydrogen-bond acceptors (Lipinski definition) is 0. The summed E-state index contributed by atoms with van der Waals surface area (Å²) < 4.78 is 0. The minimum absolute atomic E-state index is 0.500. The van der Waals surface area contributed by atoms with Crippen LogP contribution >= 0.6 is 0 Å². The molecule has 1 spiro atoms. The molecule has 0 heterocycles. The highest BCUT2D eigenvalue weighted by Crippen LogP contribution is 2.96. The lowest BCUT2D eigenvalue weighted by atomic mass is 9.66. The Kier molecular flexibility index (Phi) is 1.47. The van der Waals surface area contributed by atoms with Crippen molar-refractivity contribution in [2.45, 2.75) is 60.8 Å². The van der Waals surface area contributed by atoms with Crippen molar-refractivity contribution in [1.82, 2.24) is 0 Å². The first-order valence-corrected chi connectivity index (χ1v) is 6.71. The Morgan fingerprint density at radius 2 is 1.67 bits per heavy atom. The summed E-state index contributed by atoms with van der Waals surface area (Å²) >= 11 is 0. The molecule has 2 bridgehead atoms. The summed E-state index contributed by atoms with van der Waals surface area (Å²) in [5.74, 6) is 2.04. The van der Waals surface area contributed by atoms with Crippen molar-refractivity contribution in [3.8, 4) is 0 Å². The van der Waals surface area contributed by atoms with Gasteiger partial charge >= 0.3 is 0 Å². The average Bonchev–Trinajstić information content (AvgIpc) is 2.45. The minimum atomic E-state index is 0.500. The molecule has 3 saturated carbocycles. The lowest BCUT2D eigenvalue weighted by Gasteiger charge is -2.38. The molecule has 3 fully saturated rings. The van der Waals surface area contributed by atoms with Gasteiger partial charge in [0.05, 0.1) is 0 Å². The molecule has 0 aliphatic heterocycles. The summed E-state index contributed by atoms with van der Waals surface area (Å²) in [6.07, 6.45) is 4.58. The molecule has 0 aromatic carbocycles. The van der Waals surface area contributed by atoms with E-state index in [2.05, 4.69) is 41.5 Å². The molecule has 0 radical (unpaired) electrons. The highest BCUT2D eigenvalue weighted by molar-refractivity contribution is 5.37. The van der Waals surface area contributed by atoms with Crippen LogP contribution in [0.5, 0.6) is 0 Å². The third-order valence-corrected chi connectivity index (χ3v) is 6.90. The summed E-state index contributed by atoms with van der Waals surface area (Å²) in [6, 6.07) is 0. The predicted octanol–water partition coefficient (Wildman–Crippen LogP) is 4.49. The van der Waals surface area contributed by atoms with E-state index in [0.717, 1.165) is 11.8 Å². The maximum absolute atomic E-state index is 2.55. The Labute approximate surface area is 94.8 Å². The molecule has 0 heteroatoms. The molecule has 15 heavy (non-hydrogen) atoms. The molecule has 0 aromatic heterocycles. The SMILES string of the molecule is CC1CC2CC13C(C)(C)C3(C(C)(C)C)C2. The van der Waals surface area contributed by atoms with E-state index >= 15 is 0 Å². The van der Waals surface area contributed by atoms with E-state index in [1.807, 2.05) is 0 Å². The van der Waals surface area contributed by atoms with Crippen LogP contribution in [0, 0.1) is 33.5 Å². The molecule has 0 nitrogen and oxygen atoms in total. The lowest BCUT2D eigenvalue weighted by molar-refractivity contribution is 0.106. The summed E-state index contributed by atoms with van der Waals surface area (Å²) in [7, 11) is 0. The van der Waals surface area contributed by atoms with Crippen molar-refractivity contribution in [3.63, 3.8) is 0 Å². The van der Waals surface area contributed by atoms with E-state index in [0.29, 0.717) is 21.7 Å². The lowest BCUT2D eigenvalue weighted by Crippen LogP contribution is -2.31. The summed E-state index contributed by atoms with van der Waals surface area (Å²) in [6.45, 7) is 15.1. The van der Waals surface area contributed by atoms with E-state index in [1.54, 1.807) is 6.42 Å². The van der Waals surface area contributed by atoms with Crippen molar-refractivity contribution in [2.75, 3.05) is 0 Å². The van der Waals surface area contributed by atoms with Crippen LogP contribution in [0.1, 0.15) is 60.8 Å². The van der Waals surface area contributed by atoms with Gasteiger partial charge in [-0.25, -0.2) is 0 Å². The van der Waals surface area contributed by atoms with E-state index in [4.69, 9.17) is 0 Å². The maximum Gasteiger partial charge on any atom is -0.0125 e. The Bertz CT molecular complexity index is 319. The van der Waals surface area contributed by atoms with Crippen molar-refractivity contribution in [1.29, 1.82) is 0 Å². The molecule has 3 rings (SSSR count). The first-order chi connectivity index (χ1) is 6.71. The monoisotopic (exact) mass is 206 g/mol. The van der Waals surface area contributed by atoms with Crippen LogP contribution in [-0.4, -0.2) is 0 Å². The van der Waals surface area contributed by atoms with Crippen LogP contribution in [0.4, 0.5) is 0 Å². The fourth-order valence-electron chi connectivity index (χ4n) is 6.94. The van der Waals surface area contributed by atoms with E-state index < -0.39 is 0 Å². The molecule has 4 atom stereocenters. The third kappa shape index (κ3) is 0.691. The largest absolute Gasteiger partial charge is 0.0619 e. The van der Waals surface area contributed by atoms with Crippen LogP contribution in [0.25, 0.3) is 0 Å². The van der Waals surface area contributed by atoms with Crippen LogP contribution < -0.4 is 0 Å². The van der Waals surface area contributed by atoms with Gasteiger partial charge in [0.2, 0.25) is 0 Å². The second-order valence-electron chi connectivity index (χ2n) is 8.16. The summed E-state index contributed by atoms with van der Waals surface area (Å²) in [5, 5.41) is 0. The van der Waals surface area contributed by atoms with Gasteiger partial charge in [0.1, 0.15) is 0 Å². The van der Waals surface area contributed by atoms with Crippen LogP contribution in [0.3, 0.4) is 0 Å². The van der Waals surface area contributed by atoms with Gasteiger partial charge in [0, 0.05) is 0 Å². The van der Waals surface area contributed by atoms with Gasteiger partial charge < -0.3 is 0 Å². The van der Waals surface area contributed by atoms with Gasteiger partial charge in [0.15, 0.2) is 0 Å². The molecule has 3 aliphatic rings. The normalized spacial score (nSPS) is 55.6. The first kappa shape index (κ1) is 10.2. The molecule has 86 valence electrons. The molecule has 4 unspecified atom stereocenters. The molecular weight excluding hydrogens is 180 g/mol. The zero-order chi connectivity index (χ0) is 11.3. The van der Waals surface area contributed by atoms with Crippen LogP contribution in [-0.2, 0) is 0 Å². The van der Waals surface area contributed by atoms with Crippen LogP contribution in [0.2, 0.25) is 0 Å². The number of hydrogen-bond donors (Lipinski definition) is 0. The topological polar surface area (TPSA) is 0 Å². The Hall–Kier alpha value is 0. The second kappa shape index (κ2) is 2.17. The molecule has 0 aromatic rings. The van der Waals surface area contributed by atoms with Crippen LogP contribution in [0.15, 0.2) is 0 Å². The van der Waals surface area contributed by atoms with Crippen molar-refractivity contribution < 1.29 is 0 Å². The summed E-state index contributed by atoms with van der Waals surface area (Å²) in [5.41, 5.74) is 2.48. The van der Waals surface area contributed by atoms with Crippen molar-refractivity contribution in [3.05, 3.63) is 0 Å². The molecule has 3 aliphatic carbocycles. The maximum atomic E-state index is 2.55. The average molecular weight is 206 g/mol. The number of fused-ring (bicyclic) bond motifs is 1. The first-order valence-electron chi connectivity index (χ1n) is 6.71. The minimum Gasteiger partial charge on any atom is -0.0619 e. The van der Waals surface area contributed by atoms with Gasteiger partial charge in [-0.2, -0.15) is 0 Å². The fourth-order valence-corrected chi connectivity index (χ4v) is 6.94. The molecule has 0 N–H and O–H groups in total. The number of rotatable bonds is 0. The van der Waals surface area contributed by atoms with Gasteiger partial charge in [-0.1, -0.05) is 41.5 Å². The second-order valence-corrected chi connectivity index (χ2v) is 8.16. The van der Waals surface area contributed by atoms with Gasteiger partial charge in [-0.3, -0.25) is 0 Å². The standard InChI is InChI=1S/C15H26/c1-10-7-11-8-14(10)13(5,6)15(14,9-11)12(2,3)4/h10-11H,7-9H2,1-6H3. The van der Waals surface area contributed by atoms with E-state index in [1.165, 1.54) is 12.8 Å². The van der Waals surface area contributed by atoms with E-state index in [9.17, 15) is 0 Å². The third-order valence-electron chi connectivity index (χ3n) is 6.90. The Balaban J connectivity index is 2.14.